The van der Waals surface area contributed by atoms with Crippen LogP contribution in [0.2, 0.25) is 0 Å². The summed E-state index contributed by atoms with van der Waals surface area (Å²) in [6.45, 7) is 0.667. The zero-order valence-corrected chi connectivity index (χ0v) is 9.94. The van der Waals surface area contributed by atoms with Crippen LogP contribution >= 0.6 is 0 Å². The number of aliphatic hydroxyl groups is 2. The number of aliphatic hydroxyl groups excluding tert-OH is 2. The van der Waals surface area contributed by atoms with Crippen LogP contribution in [0.15, 0.2) is 12.1 Å². The van der Waals surface area contributed by atoms with E-state index in [1.54, 1.807) is 11.9 Å². The highest BCUT2D eigenvalue weighted by atomic mass is 16.3. The van der Waals surface area contributed by atoms with Crippen LogP contribution in [0.1, 0.15) is 33.5 Å². The molecule has 1 amide bonds. The number of hydrogen-bond acceptors (Lipinski definition) is 3. The molecule has 0 spiro atoms. The lowest BCUT2D eigenvalue weighted by molar-refractivity contribution is 0.0816. The van der Waals surface area contributed by atoms with Crippen molar-refractivity contribution in [1.82, 2.24) is 4.90 Å². The van der Waals surface area contributed by atoms with E-state index in [1.165, 1.54) is 0 Å². The summed E-state index contributed by atoms with van der Waals surface area (Å²) in [5.41, 5.74) is 3.47. The Labute approximate surface area is 100 Å². The molecule has 92 valence electrons. The molecule has 0 saturated carbocycles. The van der Waals surface area contributed by atoms with E-state index >= 15 is 0 Å². The fourth-order valence-corrected chi connectivity index (χ4v) is 2.26. The first kappa shape index (κ1) is 12.1. The molecule has 4 heteroatoms. The van der Waals surface area contributed by atoms with Gasteiger partial charge >= 0.3 is 0 Å². The molecule has 1 aliphatic heterocycles. The number of nitrogens with zero attached hydrogens (tertiary/aromatic N) is 1. The highest BCUT2D eigenvalue weighted by molar-refractivity contribution is 5.98. The first-order valence-corrected chi connectivity index (χ1v) is 5.79. The van der Waals surface area contributed by atoms with Gasteiger partial charge in [-0.3, -0.25) is 4.79 Å². The standard InChI is InChI=1S/C13H17NO3/c1-14-7-12-10(8-16)5-9(3-2-4-15)6-11(12)13(14)17/h5-6,15-16H,2-4,7-8H2,1H3. The summed E-state index contributed by atoms with van der Waals surface area (Å²) >= 11 is 0. The van der Waals surface area contributed by atoms with Crippen molar-refractivity contribution in [3.63, 3.8) is 0 Å². The third-order valence-electron chi connectivity index (χ3n) is 3.17. The van der Waals surface area contributed by atoms with Crippen LogP contribution < -0.4 is 0 Å². The van der Waals surface area contributed by atoms with Gasteiger partial charge in [0.2, 0.25) is 0 Å². The van der Waals surface area contributed by atoms with Crippen molar-refractivity contribution in [3.8, 4) is 0 Å². The Morgan fingerprint density at radius 3 is 2.76 bits per heavy atom. The maximum atomic E-state index is 11.9. The van der Waals surface area contributed by atoms with Gasteiger partial charge in [-0.05, 0) is 35.6 Å². The van der Waals surface area contributed by atoms with Crippen LogP contribution in [0.25, 0.3) is 0 Å². The molecule has 0 aliphatic carbocycles. The maximum Gasteiger partial charge on any atom is 0.254 e. The molecule has 1 aliphatic rings. The number of fused-ring (bicyclic) bond motifs is 1. The molecule has 0 unspecified atom stereocenters. The largest absolute Gasteiger partial charge is 0.396 e. The van der Waals surface area contributed by atoms with Gasteiger partial charge in [0.15, 0.2) is 0 Å². The van der Waals surface area contributed by atoms with E-state index in [1.807, 2.05) is 12.1 Å². The molecule has 1 heterocycles. The van der Waals surface area contributed by atoms with Gasteiger partial charge in [-0.25, -0.2) is 0 Å². The molecule has 2 rings (SSSR count). The number of carbonyl (C=O) groups excluding carboxylic acids is 1. The molecule has 0 saturated heterocycles. The molecule has 0 atom stereocenters. The van der Waals surface area contributed by atoms with E-state index in [-0.39, 0.29) is 19.1 Å². The Morgan fingerprint density at radius 1 is 1.35 bits per heavy atom. The molecular weight excluding hydrogens is 218 g/mol. The SMILES string of the molecule is CN1Cc2c(CO)cc(CCCO)cc2C1=O. The minimum atomic E-state index is -0.0452. The molecule has 17 heavy (non-hydrogen) atoms. The summed E-state index contributed by atoms with van der Waals surface area (Å²) in [6.07, 6.45) is 1.40. The van der Waals surface area contributed by atoms with E-state index in [0.717, 1.165) is 23.1 Å². The van der Waals surface area contributed by atoms with E-state index in [9.17, 15) is 9.90 Å². The van der Waals surface area contributed by atoms with E-state index in [4.69, 9.17) is 5.11 Å². The lowest BCUT2D eigenvalue weighted by atomic mass is 9.97. The fourth-order valence-electron chi connectivity index (χ4n) is 2.26. The van der Waals surface area contributed by atoms with Crippen molar-refractivity contribution in [2.45, 2.75) is 26.0 Å². The fraction of sp³-hybridized carbons (Fsp3) is 0.462. The Hall–Kier alpha value is -1.39. The van der Waals surface area contributed by atoms with Crippen LogP contribution in [-0.4, -0.2) is 34.7 Å². The predicted molar refractivity (Wildman–Crippen MR) is 63.6 cm³/mol. The van der Waals surface area contributed by atoms with Crippen LogP contribution in [0.4, 0.5) is 0 Å². The second-order valence-electron chi connectivity index (χ2n) is 4.43. The van der Waals surface area contributed by atoms with Gasteiger partial charge < -0.3 is 15.1 Å². The summed E-state index contributed by atoms with van der Waals surface area (Å²) in [4.78, 5) is 13.5. The number of amides is 1. The van der Waals surface area contributed by atoms with Gasteiger partial charge in [-0.15, -0.1) is 0 Å². The highest BCUT2D eigenvalue weighted by Gasteiger charge is 2.26. The predicted octanol–water partition coefficient (Wildman–Crippen LogP) is 0.689. The second-order valence-corrected chi connectivity index (χ2v) is 4.43. The lowest BCUT2D eigenvalue weighted by Gasteiger charge is -2.08. The molecule has 0 aromatic heterocycles. The third kappa shape index (κ3) is 2.18. The van der Waals surface area contributed by atoms with E-state index < -0.39 is 0 Å². The van der Waals surface area contributed by atoms with Crippen LogP contribution in [0.3, 0.4) is 0 Å². The summed E-state index contributed by atoms with van der Waals surface area (Å²) < 4.78 is 0. The van der Waals surface area contributed by atoms with Gasteiger partial charge in [0.25, 0.3) is 5.91 Å². The first-order chi connectivity index (χ1) is 8.17. The average Bonchev–Trinajstić information content (AvgIpc) is 2.62. The van der Waals surface area contributed by atoms with Crippen molar-refractivity contribution in [2.24, 2.45) is 0 Å². The van der Waals surface area contributed by atoms with E-state index in [0.29, 0.717) is 18.5 Å². The maximum absolute atomic E-state index is 11.9. The zero-order valence-electron chi connectivity index (χ0n) is 9.94. The molecular formula is C13H17NO3. The Kier molecular flexibility index (Phi) is 3.45. The number of carbonyl (C=O) groups is 1. The number of benzene rings is 1. The van der Waals surface area contributed by atoms with Crippen molar-refractivity contribution in [1.29, 1.82) is 0 Å². The van der Waals surface area contributed by atoms with Crippen molar-refractivity contribution in [3.05, 3.63) is 34.4 Å². The number of hydrogen-bond donors (Lipinski definition) is 2. The molecule has 1 aromatic rings. The Morgan fingerprint density at radius 2 is 2.12 bits per heavy atom. The molecule has 0 fully saturated rings. The van der Waals surface area contributed by atoms with Crippen molar-refractivity contribution >= 4 is 5.91 Å². The molecule has 0 bridgehead atoms. The average molecular weight is 235 g/mol. The van der Waals surface area contributed by atoms with Gasteiger partial charge in [0, 0.05) is 25.8 Å². The molecule has 2 N–H and O–H groups in total. The smallest absolute Gasteiger partial charge is 0.254 e. The van der Waals surface area contributed by atoms with E-state index in [2.05, 4.69) is 0 Å². The lowest BCUT2D eigenvalue weighted by Crippen LogP contribution is -2.17. The van der Waals surface area contributed by atoms with Gasteiger partial charge in [-0.2, -0.15) is 0 Å². The summed E-state index contributed by atoms with van der Waals surface area (Å²) in [6, 6.07) is 3.82. The van der Waals surface area contributed by atoms with Crippen LogP contribution in [-0.2, 0) is 19.6 Å². The third-order valence-corrected chi connectivity index (χ3v) is 3.17. The topological polar surface area (TPSA) is 60.8 Å². The van der Waals surface area contributed by atoms with Crippen molar-refractivity contribution < 1.29 is 15.0 Å². The monoisotopic (exact) mass is 235 g/mol. The first-order valence-electron chi connectivity index (χ1n) is 5.79. The Balaban J connectivity index is 2.39. The van der Waals surface area contributed by atoms with Gasteiger partial charge in [-0.1, -0.05) is 6.07 Å². The van der Waals surface area contributed by atoms with Gasteiger partial charge in [0.1, 0.15) is 0 Å². The second kappa shape index (κ2) is 4.85. The molecule has 1 aromatic carbocycles. The molecule has 0 radical (unpaired) electrons. The highest BCUT2D eigenvalue weighted by Crippen LogP contribution is 2.27. The van der Waals surface area contributed by atoms with Crippen LogP contribution in [0, 0.1) is 0 Å². The molecule has 4 nitrogen and oxygen atoms in total. The van der Waals surface area contributed by atoms with Crippen molar-refractivity contribution in [2.75, 3.05) is 13.7 Å². The minimum absolute atomic E-state index is 0.0144. The quantitative estimate of drug-likeness (QED) is 0.807. The summed E-state index contributed by atoms with van der Waals surface area (Å²) in [5.74, 6) is 0.0144. The van der Waals surface area contributed by atoms with Crippen LogP contribution in [0.5, 0.6) is 0 Å². The number of aryl methyl sites for hydroxylation is 1. The number of rotatable bonds is 4. The Bertz CT molecular complexity index is 443. The normalized spacial score (nSPS) is 14.3. The van der Waals surface area contributed by atoms with Gasteiger partial charge in [0.05, 0.1) is 6.61 Å². The minimum Gasteiger partial charge on any atom is -0.396 e. The summed E-state index contributed by atoms with van der Waals surface area (Å²) in [5, 5.41) is 18.2. The zero-order chi connectivity index (χ0) is 12.4. The summed E-state index contributed by atoms with van der Waals surface area (Å²) in [7, 11) is 1.76.